The lowest BCUT2D eigenvalue weighted by Crippen LogP contribution is -2.08. The van der Waals surface area contributed by atoms with Crippen molar-refractivity contribution in [2.45, 2.75) is 33.1 Å². The Labute approximate surface area is 93.9 Å². The normalized spacial score (nSPS) is 13.1. The van der Waals surface area contributed by atoms with E-state index in [1.165, 1.54) is 5.57 Å². The number of hydrogen-bond acceptors (Lipinski definition) is 3. The van der Waals surface area contributed by atoms with Crippen LogP contribution in [0.5, 0.6) is 0 Å². The maximum absolute atomic E-state index is 11.2. The maximum atomic E-state index is 11.2. The molecule has 0 aromatic rings. The third-order valence-electron chi connectivity index (χ3n) is 2.35. The van der Waals surface area contributed by atoms with E-state index in [1.807, 2.05) is 7.05 Å². The fourth-order valence-corrected chi connectivity index (χ4v) is 2.15. The van der Waals surface area contributed by atoms with E-state index in [4.69, 9.17) is 0 Å². The van der Waals surface area contributed by atoms with Gasteiger partial charge in [-0.2, -0.15) is 0 Å². The van der Waals surface area contributed by atoms with Gasteiger partial charge in [-0.05, 0) is 39.8 Å². The van der Waals surface area contributed by atoms with Crippen LogP contribution in [0.2, 0.25) is 0 Å². The van der Waals surface area contributed by atoms with Crippen LogP contribution in [0.3, 0.4) is 0 Å². The summed E-state index contributed by atoms with van der Waals surface area (Å²) in [6, 6.07) is 0. The molecule has 0 fully saturated rings. The van der Waals surface area contributed by atoms with Gasteiger partial charge in [0, 0.05) is 5.75 Å². The lowest BCUT2D eigenvalue weighted by atomic mass is 10.1. The largest absolute Gasteiger partial charge is 0.319 e. The lowest BCUT2D eigenvalue weighted by molar-refractivity contribution is 0.594. The molecule has 0 aliphatic heterocycles. The summed E-state index contributed by atoms with van der Waals surface area (Å²) in [6.45, 7) is 4.74. The van der Waals surface area contributed by atoms with Crippen molar-refractivity contribution in [1.29, 1.82) is 0 Å². The third-order valence-corrected chi connectivity index (χ3v) is 4.14. The Morgan fingerprint density at radius 1 is 1.40 bits per heavy atom. The van der Waals surface area contributed by atoms with E-state index in [0.717, 1.165) is 25.8 Å². The van der Waals surface area contributed by atoms with Crippen LogP contribution in [0.1, 0.15) is 33.1 Å². The van der Waals surface area contributed by atoms with Crippen molar-refractivity contribution >= 4 is 9.84 Å². The van der Waals surface area contributed by atoms with Crippen LogP contribution in [-0.4, -0.2) is 33.5 Å². The summed E-state index contributed by atoms with van der Waals surface area (Å²) < 4.78 is 22.4. The van der Waals surface area contributed by atoms with Gasteiger partial charge in [0.2, 0.25) is 0 Å². The summed E-state index contributed by atoms with van der Waals surface area (Å²) in [5.41, 5.74) is 1.29. The minimum absolute atomic E-state index is 0.259. The first-order valence-electron chi connectivity index (χ1n) is 5.52. The van der Waals surface area contributed by atoms with E-state index < -0.39 is 9.84 Å². The summed E-state index contributed by atoms with van der Waals surface area (Å²) in [4.78, 5) is 0. The Hall–Kier alpha value is -0.350. The highest BCUT2D eigenvalue weighted by atomic mass is 32.2. The maximum Gasteiger partial charge on any atom is 0.150 e. The van der Waals surface area contributed by atoms with Crippen LogP contribution in [0.15, 0.2) is 11.6 Å². The van der Waals surface area contributed by atoms with Crippen molar-refractivity contribution in [3.05, 3.63) is 11.6 Å². The fraction of sp³-hybridized carbons (Fsp3) is 0.818. The molecule has 0 saturated heterocycles. The second kappa shape index (κ2) is 7.88. The van der Waals surface area contributed by atoms with Gasteiger partial charge < -0.3 is 5.32 Å². The average Bonchev–Trinajstić information content (AvgIpc) is 2.18. The minimum atomic E-state index is -2.78. The fourth-order valence-electron chi connectivity index (χ4n) is 1.28. The molecular weight excluding hydrogens is 210 g/mol. The van der Waals surface area contributed by atoms with Gasteiger partial charge in [-0.15, -0.1) is 0 Å². The SMILES string of the molecule is CCS(=O)(=O)CCCC(C)=CCCNC. The van der Waals surface area contributed by atoms with Gasteiger partial charge in [0.05, 0.1) is 5.75 Å². The first kappa shape index (κ1) is 14.6. The van der Waals surface area contributed by atoms with Gasteiger partial charge in [-0.3, -0.25) is 0 Å². The summed E-state index contributed by atoms with van der Waals surface area (Å²) >= 11 is 0. The Balaban J connectivity index is 3.72. The molecule has 0 aliphatic carbocycles. The molecule has 90 valence electrons. The number of hydrogen-bond donors (Lipinski definition) is 1. The van der Waals surface area contributed by atoms with Gasteiger partial charge in [0.1, 0.15) is 9.84 Å². The molecule has 15 heavy (non-hydrogen) atoms. The zero-order chi connectivity index (χ0) is 11.7. The van der Waals surface area contributed by atoms with Gasteiger partial charge in [0.25, 0.3) is 0 Å². The summed E-state index contributed by atoms with van der Waals surface area (Å²) in [7, 11) is -0.852. The lowest BCUT2D eigenvalue weighted by Gasteiger charge is -2.02. The first-order chi connectivity index (χ1) is 7.02. The molecule has 3 nitrogen and oxygen atoms in total. The summed E-state index contributed by atoms with van der Waals surface area (Å²) in [6.07, 6.45) is 4.83. The highest BCUT2D eigenvalue weighted by Crippen LogP contribution is 2.06. The average molecular weight is 233 g/mol. The monoisotopic (exact) mass is 233 g/mol. The molecule has 0 aliphatic rings. The quantitative estimate of drug-likeness (QED) is 0.513. The predicted molar refractivity (Wildman–Crippen MR) is 65.9 cm³/mol. The second-order valence-corrected chi connectivity index (χ2v) is 6.26. The van der Waals surface area contributed by atoms with Crippen LogP contribution < -0.4 is 5.32 Å². The van der Waals surface area contributed by atoms with Gasteiger partial charge >= 0.3 is 0 Å². The molecule has 0 aromatic carbocycles. The molecule has 0 spiro atoms. The summed E-state index contributed by atoms with van der Waals surface area (Å²) in [5, 5.41) is 3.07. The third kappa shape index (κ3) is 8.63. The topological polar surface area (TPSA) is 46.2 Å². The molecule has 0 unspecified atom stereocenters. The van der Waals surface area contributed by atoms with Gasteiger partial charge in [-0.1, -0.05) is 18.6 Å². The van der Waals surface area contributed by atoms with Crippen LogP contribution in [-0.2, 0) is 9.84 Å². The highest BCUT2D eigenvalue weighted by Gasteiger charge is 2.06. The Bertz CT molecular complexity index is 281. The molecule has 0 aromatic heterocycles. The smallest absolute Gasteiger partial charge is 0.150 e. The number of nitrogens with one attached hydrogen (secondary N) is 1. The van der Waals surface area contributed by atoms with Crippen molar-refractivity contribution in [2.24, 2.45) is 0 Å². The zero-order valence-corrected chi connectivity index (χ0v) is 10.9. The molecule has 0 rings (SSSR count). The zero-order valence-electron chi connectivity index (χ0n) is 10.0. The van der Waals surface area contributed by atoms with Crippen LogP contribution in [0.4, 0.5) is 0 Å². The molecule has 0 saturated carbocycles. The van der Waals surface area contributed by atoms with Crippen molar-refractivity contribution < 1.29 is 8.42 Å². The van der Waals surface area contributed by atoms with Crippen LogP contribution in [0, 0.1) is 0 Å². The van der Waals surface area contributed by atoms with Crippen molar-refractivity contribution in [1.82, 2.24) is 5.32 Å². The molecule has 0 radical (unpaired) electrons. The van der Waals surface area contributed by atoms with Crippen LogP contribution in [0.25, 0.3) is 0 Å². The number of allylic oxidation sites excluding steroid dienone is 1. The molecule has 0 bridgehead atoms. The van der Waals surface area contributed by atoms with Crippen LogP contribution >= 0.6 is 0 Å². The Morgan fingerprint density at radius 2 is 2.07 bits per heavy atom. The summed E-state index contributed by atoms with van der Waals surface area (Å²) in [5.74, 6) is 0.580. The standard InChI is InChI=1S/C11H23NO2S/c1-4-15(13,14)10-6-8-11(2)7-5-9-12-3/h7,12H,4-6,8-10H2,1-3H3. The molecular formula is C11H23NO2S. The molecule has 1 N–H and O–H groups in total. The van der Waals surface area contributed by atoms with E-state index in [-0.39, 0.29) is 5.75 Å². The first-order valence-corrected chi connectivity index (χ1v) is 7.34. The van der Waals surface area contributed by atoms with Crippen molar-refractivity contribution in [3.8, 4) is 0 Å². The molecule has 4 heteroatoms. The molecule has 0 heterocycles. The van der Waals surface area contributed by atoms with E-state index in [0.29, 0.717) is 5.75 Å². The van der Waals surface area contributed by atoms with Gasteiger partial charge in [-0.25, -0.2) is 8.42 Å². The molecule has 0 amide bonds. The van der Waals surface area contributed by atoms with E-state index in [9.17, 15) is 8.42 Å². The Kier molecular flexibility index (Phi) is 7.70. The van der Waals surface area contributed by atoms with E-state index >= 15 is 0 Å². The second-order valence-electron chi connectivity index (χ2n) is 3.78. The van der Waals surface area contributed by atoms with Crippen molar-refractivity contribution in [3.63, 3.8) is 0 Å². The van der Waals surface area contributed by atoms with Gasteiger partial charge in [0.15, 0.2) is 0 Å². The molecule has 0 atom stereocenters. The highest BCUT2D eigenvalue weighted by molar-refractivity contribution is 7.91. The number of rotatable bonds is 8. The Morgan fingerprint density at radius 3 is 2.60 bits per heavy atom. The van der Waals surface area contributed by atoms with E-state index in [1.54, 1.807) is 6.92 Å². The minimum Gasteiger partial charge on any atom is -0.319 e. The van der Waals surface area contributed by atoms with Crippen molar-refractivity contribution in [2.75, 3.05) is 25.1 Å². The number of sulfone groups is 1. The predicted octanol–water partition coefficient (Wildman–Crippen LogP) is 1.76. The van der Waals surface area contributed by atoms with E-state index in [2.05, 4.69) is 18.3 Å².